The van der Waals surface area contributed by atoms with E-state index in [1.165, 1.54) is 6.07 Å². The first kappa shape index (κ1) is 31.4. The first-order valence-corrected chi connectivity index (χ1v) is 22.4. The topological polar surface area (TPSA) is 29.5 Å². The first-order valence-electron chi connectivity index (χ1n) is 11.7. The second-order valence-electron chi connectivity index (χ2n) is 12.2. The van der Waals surface area contributed by atoms with Crippen LogP contribution in [-0.4, -0.2) is 29.6 Å². The van der Waals surface area contributed by atoms with E-state index in [1.54, 1.807) is 12.1 Å². The van der Waals surface area contributed by atoms with Crippen LogP contribution in [0, 0.1) is 22.9 Å². The fraction of sp³-hybridized carbons (Fsp3) is 0.429. The van der Waals surface area contributed by atoms with Gasteiger partial charge in [-0.25, -0.2) is 0 Å². The molecule has 0 aliphatic heterocycles. The fourth-order valence-electron chi connectivity index (χ4n) is 2.22. The normalized spacial score (nSPS) is 11.8. The summed E-state index contributed by atoms with van der Waals surface area (Å²) in [6.45, 7) is 24.4. The van der Waals surface area contributed by atoms with E-state index in [0.29, 0.717) is 10.0 Å². The summed E-state index contributed by atoms with van der Waals surface area (Å²) in [5, 5.41) is 10.5. The molecule has 35 heavy (non-hydrogen) atoms. The maximum absolute atomic E-state index is 9.14. The Bertz CT molecular complexity index is 1150. The van der Waals surface area contributed by atoms with E-state index < -0.39 is 24.5 Å². The van der Waals surface area contributed by atoms with E-state index in [-0.39, 0.29) is 10.8 Å². The third-order valence-corrected chi connectivity index (χ3v) is 12.0. The van der Waals surface area contributed by atoms with Crippen molar-refractivity contribution >= 4 is 47.7 Å². The van der Waals surface area contributed by atoms with Gasteiger partial charge in [-0.15, -0.1) is 11.1 Å². The summed E-state index contributed by atoms with van der Waals surface area (Å²) in [4.78, 5) is 0. The molecular weight excluding hydrogens is 523 g/mol. The largest absolute Gasteiger partial charge is 0.543 e. The van der Waals surface area contributed by atoms with E-state index in [9.17, 15) is 0 Å². The lowest BCUT2D eigenvalue weighted by molar-refractivity contribution is 0.475. The molecule has 0 fully saturated rings. The van der Waals surface area contributed by atoms with Gasteiger partial charge in [0.15, 0.2) is 0 Å². The Morgan fingerprint density at radius 1 is 0.714 bits per heavy atom. The van der Waals surface area contributed by atoms with E-state index in [4.69, 9.17) is 32.7 Å². The summed E-state index contributed by atoms with van der Waals surface area (Å²) in [6, 6.07) is 10.7. The van der Waals surface area contributed by atoms with Crippen LogP contribution in [0.25, 0.3) is 0 Å². The molecule has 0 bridgehead atoms. The number of aromatic hydroxyl groups is 1. The zero-order valence-electron chi connectivity index (χ0n) is 23.1. The van der Waals surface area contributed by atoms with Gasteiger partial charge in [0.25, 0.3) is 0 Å². The van der Waals surface area contributed by atoms with Gasteiger partial charge in [-0.1, -0.05) is 95.1 Å². The zero-order chi connectivity index (χ0) is 27.2. The van der Waals surface area contributed by atoms with Crippen LogP contribution in [0.15, 0.2) is 36.4 Å². The van der Waals surface area contributed by atoms with Crippen molar-refractivity contribution in [3.63, 3.8) is 0 Å². The molecule has 0 atom stereocenters. The highest BCUT2D eigenvalue weighted by molar-refractivity contribution is 6.84. The minimum absolute atomic E-state index is 0.175. The Hall–Kier alpha value is -1.61. The summed E-state index contributed by atoms with van der Waals surface area (Å²) in [7, 11) is -4.56. The van der Waals surface area contributed by atoms with E-state index in [2.05, 4.69) is 96.1 Å². The van der Waals surface area contributed by atoms with Gasteiger partial charge in [0.1, 0.15) is 27.6 Å². The number of phenols is 1. The second kappa shape index (κ2) is 12.1. The van der Waals surface area contributed by atoms with Gasteiger partial charge < -0.3 is 9.53 Å². The van der Waals surface area contributed by atoms with Crippen LogP contribution in [-0.2, 0) is 0 Å². The van der Waals surface area contributed by atoms with Gasteiger partial charge in [0, 0.05) is 11.1 Å². The quantitative estimate of drug-likeness (QED) is 0.291. The maximum Gasteiger partial charge on any atom is 0.250 e. The van der Waals surface area contributed by atoms with Crippen LogP contribution in [0.1, 0.15) is 31.9 Å². The third-order valence-electron chi connectivity index (χ3n) is 5.22. The zero-order valence-corrected chi connectivity index (χ0v) is 27.6. The number of halogens is 2. The SMILES string of the molecule is CC(C)(C)[Si](C)(C)Oc1ccc(C#C[Si](C)(C)C)c(Cl)c1.C[Si](C)(C)C#Cc1ccc(O)cc1Cl. The number of rotatable bonds is 2. The molecule has 1 N–H and O–H groups in total. The summed E-state index contributed by atoms with van der Waals surface area (Å²) in [5.41, 5.74) is 8.24. The lowest BCUT2D eigenvalue weighted by atomic mass is 10.2. The second-order valence-corrected chi connectivity index (χ2v) is 27.2. The van der Waals surface area contributed by atoms with Crippen molar-refractivity contribution in [2.45, 2.75) is 78.2 Å². The van der Waals surface area contributed by atoms with Crippen LogP contribution < -0.4 is 4.43 Å². The van der Waals surface area contributed by atoms with Crippen molar-refractivity contribution in [1.29, 1.82) is 0 Å². The molecule has 0 aromatic heterocycles. The third kappa shape index (κ3) is 11.8. The molecule has 0 heterocycles. The predicted molar refractivity (Wildman–Crippen MR) is 163 cm³/mol. The summed E-state index contributed by atoms with van der Waals surface area (Å²) in [5.74, 6) is 7.28. The van der Waals surface area contributed by atoms with Crippen molar-refractivity contribution in [2.24, 2.45) is 0 Å². The highest BCUT2D eigenvalue weighted by Crippen LogP contribution is 2.38. The van der Waals surface area contributed by atoms with E-state index in [1.807, 2.05) is 18.2 Å². The molecule has 0 radical (unpaired) electrons. The average Bonchev–Trinajstić information content (AvgIpc) is 2.64. The van der Waals surface area contributed by atoms with Crippen molar-refractivity contribution in [3.05, 3.63) is 57.6 Å². The van der Waals surface area contributed by atoms with Gasteiger partial charge in [0.05, 0.1) is 10.0 Å². The van der Waals surface area contributed by atoms with Gasteiger partial charge in [-0.05, 0) is 54.5 Å². The molecule has 2 nitrogen and oxygen atoms in total. The summed E-state index contributed by atoms with van der Waals surface area (Å²) in [6.07, 6.45) is 0. The summed E-state index contributed by atoms with van der Waals surface area (Å²) < 4.78 is 6.26. The molecule has 7 heteroatoms. The van der Waals surface area contributed by atoms with Gasteiger partial charge in [-0.2, -0.15) is 0 Å². The number of hydrogen-bond acceptors (Lipinski definition) is 2. The highest BCUT2D eigenvalue weighted by Gasteiger charge is 2.39. The van der Waals surface area contributed by atoms with Gasteiger partial charge >= 0.3 is 0 Å². The van der Waals surface area contributed by atoms with E-state index in [0.717, 1.165) is 16.9 Å². The molecule has 0 saturated heterocycles. The molecule has 0 amide bonds. The molecule has 2 aromatic rings. The molecule has 2 aromatic carbocycles. The lowest BCUT2D eigenvalue weighted by Crippen LogP contribution is -2.43. The van der Waals surface area contributed by atoms with Crippen molar-refractivity contribution in [1.82, 2.24) is 0 Å². The monoisotopic (exact) mass is 562 g/mol. The van der Waals surface area contributed by atoms with Crippen molar-refractivity contribution in [3.8, 4) is 34.4 Å². The Morgan fingerprint density at radius 3 is 1.51 bits per heavy atom. The number of benzene rings is 2. The molecule has 0 aliphatic rings. The van der Waals surface area contributed by atoms with Crippen LogP contribution in [0.2, 0.25) is 67.5 Å². The van der Waals surface area contributed by atoms with Gasteiger partial charge in [-0.3, -0.25) is 0 Å². The molecule has 2 rings (SSSR count). The maximum atomic E-state index is 9.14. The number of phenolic OH excluding ortho intramolecular Hbond substituents is 1. The first-order chi connectivity index (χ1) is 15.7. The fourth-order valence-corrected chi connectivity index (χ4v) is 4.71. The lowest BCUT2D eigenvalue weighted by Gasteiger charge is -2.36. The van der Waals surface area contributed by atoms with Gasteiger partial charge in [0.2, 0.25) is 8.32 Å². The van der Waals surface area contributed by atoms with Crippen molar-refractivity contribution in [2.75, 3.05) is 0 Å². The Balaban J connectivity index is 0.000000379. The Morgan fingerprint density at radius 2 is 1.14 bits per heavy atom. The van der Waals surface area contributed by atoms with Crippen LogP contribution in [0.4, 0.5) is 0 Å². The van der Waals surface area contributed by atoms with Crippen molar-refractivity contribution < 1.29 is 9.53 Å². The van der Waals surface area contributed by atoms with Crippen LogP contribution in [0.5, 0.6) is 11.5 Å². The summed E-state index contributed by atoms with van der Waals surface area (Å²) >= 11 is 12.3. The molecule has 190 valence electrons. The molecular formula is C28H40Cl2O2Si3. The average molecular weight is 564 g/mol. The minimum atomic E-state index is -1.82. The van der Waals surface area contributed by atoms with E-state index >= 15 is 0 Å². The molecule has 0 saturated carbocycles. The number of hydrogen-bond donors (Lipinski definition) is 1. The van der Waals surface area contributed by atoms with Crippen LogP contribution in [0.3, 0.4) is 0 Å². The standard InChI is InChI=1S/C17H27ClOSi2.C11H13ClOSi/c1-17(2,3)21(7,8)19-15-10-9-14(16(18)13-15)11-12-20(4,5)6;1-14(2,3)7-6-9-4-5-10(13)8-11(9)12/h9-10,13H,1-8H3;4-5,8,13H,1-3H3. The smallest absolute Gasteiger partial charge is 0.250 e. The minimum Gasteiger partial charge on any atom is -0.543 e. The molecule has 0 unspecified atom stereocenters. The Kier molecular flexibility index (Phi) is 10.8. The van der Waals surface area contributed by atoms with Crippen LogP contribution >= 0.6 is 23.2 Å². The Labute approximate surface area is 226 Å². The molecule has 0 spiro atoms. The predicted octanol–water partition coefficient (Wildman–Crippen LogP) is 9.23. The highest BCUT2D eigenvalue weighted by atomic mass is 35.5. The molecule has 0 aliphatic carbocycles.